The lowest BCUT2D eigenvalue weighted by atomic mass is 9.99. The van der Waals surface area contributed by atoms with Gasteiger partial charge in [-0.25, -0.2) is 0 Å². The lowest BCUT2D eigenvalue weighted by Gasteiger charge is -2.32. The highest BCUT2D eigenvalue weighted by Crippen LogP contribution is 2.27. The number of hydrogen-bond acceptors (Lipinski definition) is 3. The van der Waals surface area contributed by atoms with Crippen LogP contribution in [-0.2, 0) is 0 Å². The first-order valence-electron chi connectivity index (χ1n) is 6.54. The first kappa shape index (κ1) is 12.1. The summed E-state index contributed by atoms with van der Waals surface area (Å²) in [5, 5.41) is 3.33. The summed E-state index contributed by atoms with van der Waals surface area (Å²) in [7, 11) is 0. The summed E-state index contributed by atoms with van der Waals surface area (Å²) in [6.07, 6.45) is 4.76. The van der Waals surface area contributed by atoms with Gasteiger partial charge in [0.2, 0.25) is 0 Å². The fourth-order valence-corrected chi connectivity index (χ4v) is 3.24. The van der Waals surface area contributed by atoms with Crippen LogP contribution in [0.4, 0.5) is 0 Å². The second-order valence-electron chi connectivity index (χ2n) is 5.07. The van der Waals surface area contributed by atoms with E-state index in [9.17, 15) is 4.79 Å². The Morgan fingerprint density at radius 2 is 2.22 bits per heavy atom. The highest BCUT2D eigenvalue weighted by atomic mass is 35.5. The fraction of sp³-hybridized carbons (Fsp3) is 0.615. The molecule has 1 aromatic rings. The molecule has 2 atom stereocenters. The van der Waals surface area contributed by atoms with Crippen molar-refractivity contribution in [3.63, 3.8) is 0 Å². The molecule has 0 radical (unpaired) electrons. The Bertz CT molecular complexity index is 446. The number of rotatable bonds is 2. The molecule has 0 aliphatic carbocycles. The highest BCUT2D eigenvalue weighted by Gasteiger charge is 2.36. The third kappa shape index (κ3) is 2.27. The van der Waals surface area contributed by atoms with E-state index in [0.29, 0.717) is 11.8 Å². The lowest BCUT2D eigenvalue weighted by Crippen LogP contribution is -2.46. The van der Waals surface area contributed by atoms with E-state index in [1.165, 1.54) is 25.8 Å². The van der Waals surface area contributed by atoms with Gasteiger partial charge < -0.3 is 9.73 Å². The zero-order valence-corrected chi connectivity index (χ0v) is 10.9. The van der Waals surface area contributed by atoms with Gasteiger partial charge in [-0.2, -0.15) is 0 Å². The van der Waals surface area contributed by atoms with Crippen LogP contribution in [0, 0.1) is 0 Å². The van der Waals surface area contributed by atoms with Gasteiger partial charge in [-0.15, -0.1) is 0 Å². The number of furan rings is 1. The molecule has 0 saturated carbocycles. The van der Waals surface area contributed by atoms with Crippen molar-refractivity contribution in [3.8, 4) is 0 Å². The summed E-state index contributed by atoms with van der Waals surface area (Å²) in [6, 6.07) is 3.97. The lowest BCUT2D eigenvalue weighted by molar-refractivity contribution is 0.0887. The second-order valence-corrected chi connectivity index (χ2v) is 5.44. The molecular weight excluding hydrogens is 252 g/mol. The number of nitrogens with one attached hydrogen (secondary N) is 1. The first-order chi connectivity index (χ1) is 8.74. The number of nitrogens with zero attached hydrogens (tertiary/aromatic N) is 1. The van der Waals surface area contributed by atoms with E-state index >= 15 is 0 Å². The van der Waals surface area contributed by atoms with E-state index in [4.69, 9.17) is 16.0 Å². The van der Waals surface area contributed by atoms with E-state index in [0.717, 1.165) is 13.0 Å². The standard InChI is InChI=1S/C13H17ClN2O2/c14-12-5-4-11(18-12)13(17)15-9-6-8-16-7-2-1-3-10(9)16/h4-5,9-10H,1-3,6-8H2,(H,15,17)/t9-,10+/m1/s1. The molecule has 3 rings (SSSR count). The van der Waals surface area contributed by atoms with E-state index in [1.807, 2.05) is 0 Å². The minimum Gasteiger partial charge on any atom is -0.440 e. The monoisotopic (exact) mass is 268 g/mol. The van der Waals surface area contributed by atoms with Gasteiger partial charge in [-0.05, 0) is 49.5 Å². The third-order valence-corrected chi connectivity index (χ3v) is 4.17. The first-order valence-corrected chi connectivity index (χ1v) is 6.92. The normalized spacial score (nSPS) is 28.1. The molecule has 4 nitrogen and oxygen atoms in total. The summed E-state index contributed by atoms with van der Waals surface area (Å²) in [5.74, 6) is 0.147. The van der Waals surface area contributed by atoms with Gasteiger partial charge in [-0.3, -0.25) is 9.69 Å². The van der Waals surface area contributed by atoms with Crippen molar-refractivity contribution in [1.29, 1.82) is 0 Å². The van der Waals surface area contributed by atoms with Gasteiger partial charge in [0, 0.05) is 18.6 Å². The number of hydrogen-bond donors (Lipinski definition) is 1. The van der Waals surface area contributed by atoms with Gasteiger partial charge in [0.1, 0.15) is 0 Å². The van der Waals surface area contributed by atoms with Crippen molar-refractivity contribution in [2.75, 3.05) is 13.1 Å². The molecule has 1 aromatic heterocycles. The van der Waals surface area contributed by atoms with E-state index in [1.54, 1.807) is 12.1 Å². The van der Waals surface area contributed by atoms with Crippen molar-refractivity contribution in [3.05, 3.63) is 23.1 Å². The summed E-state index contributed by atoms with van der Waals surface area (Å²) in [4.78, 5) is 14.5. The maximum atomic E-state index is 12.0. The molecule has 0 unspecified atom stereocenters. The molecule has 1 N–H and O–H groups in total. The van der Waals surface area contributed by atoms with Crippen LogP contribution in [0.5, 0.6) is 0 Å². The van der Waals surface area contributed by atoms with Crippen LogP contribution >= 0.6 is 11.6 Å². The van der Waals surface area contributed by atoms with Crippen molar-refractivity contribution >= 4 is 17.5 Å². The number of fused-ring (bicyclic) bond motifs is 1. The Morgan fingerprint density at radius 3 is 3.00 bits per heavy atom. The van der Waals surface area contributed by atoms with Crippen LogP contribution in [0.3, 0.4) is 0 Å². The number of carbonyl (C=O) groups is 1. The highest BCUT2D eigenvalue weighted by molar-refractivity contribution is 6.29. The molecule has 2 aliphatic rings. The van der Waals surface area contributed by atoms with Crippen LogP contribution in [0.15, 0.2) is 16.5 Å². The van der Waals surface area contributed by atoms with E-state index in [-0.39, 0.29) is 17.2 Å². The maximum absolute atomic E-state index is 12.0. The molecule has 2 aliphatic heterocycles. The van der Waals surface area contributed by atoms with Crippen molar-refractivity contribution in [1.82, 2.24) is 10.2 Å². The van der Waals surface area contributed by atoms with Crippen molar-refractivity contribution in [2.45, 2.75) is 37.8 Å². The number of carbonyl (C=O) groups excluding carboxylic acids is 1. The Kier molecular flexibility index (Phi) is 3.31. The summed E-state index contributed by atoms with van der Waals surface area (Å²) >= 11 is 5.68. The number of piperidine rings is 1. The minimum atomic E-state index is -0.153. The third-order valence-electron chi connectivity index (χ3n) is 3.97. The molecule has 0 aromatic carbocycles. The number of amides is 1. The van der Waals surface area contributed by atoms with Crippen LogP contribution in [0.25, 0.3) is 0 Å². The van der Waals surface area contributed by atoms with Crippen molar-refractivity contribution in [2.24, 2.45) is 0 Å². The van der Waals surface area contributed by atoms with Gasteiger partial charge in [0.05, 0.1) is 0 Å². The molecule has 98 valence electrons. The van der Waals surface area contributed by atoms with Crippen molar-refractivity contribution < 1.29 is 9.21 Å². The predicted octanol–water partition coefficient (Wildman–Crippen LogP) is 2.29. The van der Waals surface area contributed by atoms with Crippen LogP contribution in [0.1, 0.15) is 36.2 Å². The smallest absolute Gasteiger partial charge is 0.287 e. The molecule has 0 spiro atoms. The maximum Gasteiger partial charge on any atom is 0.287 e. The Hall–Kier alpha value is -1.00. The van der Waals surface area contributed by atoms with Crippen LogP contribution in [0.2, 0.25) is 5.22 Å². The SMILES string of the molecule is O=C(N[C@@H]1CCN2CCCC[C@@H]12)c1ccc(Cl)o1. The Morgan fingerprint density at radius 1 is 1.33 bits per heavy atom. The second kappa shape index (κ2) is 4.94. The van der Waals surface area contributed by atoms with E-state index < -0.39 is 0 Å². The van der Waals surface area contributed by atoms with Gasteiger partial charge in [0.15, 0.2) is 11.0 Å². The fourth-order valence-electron chi connectivity index (χ4n) is 3.09. The molecule has 3 heterocycles. The van der Waals surface area contributed by atoms with E-state index in [2.05, 4.69) is 10.2 Å². The minimum absolute atomic E-state index is 0.153. The average Bonchev–Trinajstić information content (AvgIpc) is 2.97. The van der Waals surface area contributed by atoms with Gasteiger partial charge in [-0.1, -0.05) is 6.42 Å². The molecule has 1 amide bonds. The molecule has 5 heteroatoms. The summed E-state index contributed by atoms with van der Waals surface area (Å²) in [5.41, 5.74) is 0. The largest absolute Gasteiger partial charge is 0.440 e. The molecule has 2 saturated heterocycles. The summed E-state index contributed by atoms with van der Waals surface area (Å²) < 4.78 is 5.13. The zero-order chi connectivity index (χ0) is 12.5. The average molecular weight is 269 g/mol. The Labute approximate surface area is 111 Å². The predicted molar refractivity (Wildman–Crippen MR) is 68.8 cm³/mol. The molecule has 2 fully saturated rings. The summed E-state index contributed by atoms with van der Waals surface area (Å²) in [6.45, 7) is 2.26. The number of halogens is 1. The molecule has 18 heavy (non-hydrogen) atoms. The zero-order valence-electron chi connectivity index (χ0n) is 10.2. The van der Waals surface area contributed by atoms with Crippen LogP contribution in [-0.4, -0.2) is 36.0 Å². The Balaban J connectivity index is 1.64. The van der Waals surface area contributed by atoms with Gasteiger partial charge in [0.25, 0.3) is 5.91 Å². The van der Waals surface area contributed by atoms with Gasteiger partial charge >= 0.3 is 0 Å². The topological polar surface area (TPSA) is 45.5 Å². The quantitative estimate of drug-likeness (QED) is 0.895. The molecular formula is C13H17ClN2O2. The molecule has 0 bridgehead atoms. The van der Waals surface area contributed by atoms with Crippen LogP contribution < -0.4 is 5.32 Å².